The van der Waals surface area contributed by atoms with Crippen LogP contribution in [0.4, 0.5) is 0 Å². The first-order valence-corrected chi connectivity index (χ1v) is 6.87. The molecular formula is C14H24N2. The number of piperidine rings is 1. The third-order valence-corrected chi connectivity index (χ3v) is 4.94. The van der Waals surface area contributed by atoms with E-state index in [1.807, 2.05) is 0 Å². The average Bonchev–Trinajstić information content (AvgIpc) is 2.34. The third kappa shape index (κ3) is 1.86. The van der Waals surface area contributed by atoms with Crippen molar-refractivity contribution < 1.29 is 0 Å². The van der Waals surface area contributed by atoms with Gasteiger partial charge in [-0.2, -0.15) is 5.26 Å². The summed E-state index contributed by atoms with van der Waals surface area (Å²) in [6, 6.07) is 2.69. The van der Waals surface area contributed by atoms with Crippen LogP contribution in [-0.2, 0) is 0 Å². The van der Waals surface area contributed by atoms with Gasteiger partial charge in [0.15, 0.2) is 0 Å². The summed E-state index contributed by atoms with van der Waals surface area (Å²) < 4.78 is 0. The molecule has 2 fully saturated rings. The van der Waals surface area contributed by atoms with E-state index in [1.54, 1.807) is 0 Å². The molecule has 1 aliphatic heterocycles. The van der Waals surface area contributed by atoms with Crippen LogP contribution in [0.25, 0.3) is 0 Å². The number of hydrogen-bond acceptors (Lipinski definition) is 2. The molecule has 0 aromatic carbocycles. The zero-order valence-electron chi connectivity index (χ0n) is 10.7. The highest BCUT2D eigenvalue weighted by atomic mass is 15.2. The van der Waals surface area contributed by atoms with E-state index in [9.17, 15) is 5.26 Å². The minimum absolute atomic E-state index is 0.141. The van der Waals surface area contributed by atoms with Gasteiger partial charge in [-0.3, -0.25) is 4.90 Å². The van der Waals surface area contributed by atoms with Crippen LogP contribution < -0.4 is 0 Å². The molecule has 0 bridgehead atoms. The molecule has 0 aromatic heterocycles. The monoisotopic (exact) mass is 220 g/mol. The van der Waals surface area contributed by atoms with Crippen LogP contribution >= 0.6 is 0 Å². The highest BCUT2D eigenvalue weighted by Crippen LogP contribution is 2.42. The Balaban J connectivity index is 2.19. The quantitative estimate of drug-likeness (QED) is 0.678. The Morgan fingerprint density at radius 3 is 2.44 bits per heavy atom. The fraction of sp³-hybridized carbons (Fsp3) is 0.929. The first-order chi connectivity index (χ1) is 7.70. The SMILES string of the molecule is CC1CCCC(C#N)(N2CCCCC2)C1C. The first kappa shape index (κ1) is 11.9. The van der Waals surface area contributed by atoms with Gasteiger partial charge in [0.1, 0.15) is 5.54 Å². The number of nitriles is 1. The predicted molar refractivity (Wildman–Crippen MR) is 65.9 cm³/mol. The van der Waals surface area contributed by atoms with Crippen molar-refractivity contribution in [2.75, 3.05) is 13.1 Å². The van der Waals surface area contributed by atoms with E-state index < -0.39 is 0 Å². The van der Waals surface area contributed by atoms with Crippen LogP contribution in [0.3, 0.4) is 0 Å². The van der Waals surface area contributed by atoms with E-state index in [0.717, 1.165) is 19.5 Å². The molecule has 0 amide bonds. The molecule has 2 nitrogen and oxygen atoms in total. The molecule has 0 N–H and O–H groups in total. The Kier molecular flexibility index (Phi) is 3.54. The van der Waals surface area contributed by atoms with Crippen molar-refractivity contribution >= 4 is 0 Å². The Labute approximate surface area is 99.6 Å². The average molecular weight is 220 g/mol. The fourth-order valence-electron chi connectivity index (χ4n) is 3.61. The van der Waals surface area contributed by atoms with Crippen molar-refractivity contribution in [3.63, 3.8) is 0 Å². The molecule has 16 heavy (non-hydrogen) atoms. The van der Waals surface area contributed by atoms with E-state index in [0.29, 0.717) is 11.8 Å². The molecule has 3 atom stereocenters. The van der Waals surface area contributed by atoms with Gasteiger partial charge >= 0.3 is 0 Å². The van der Waals surface area contributed by atoms with E-state index >= 15 is 0 Å². The summed E-state index contributed by atoms with van der Waals surface area (Å²) >= 11 is 0. The molecular weight excluding hydrogens is 196 g/mol. The summed E-state index contributed by atoms with van der Waals surface area (Å²) in [7, 11) is 0. The van der Waals surface area contributed by atoms with Gasteiger partial charge in [-0.15, -0.1) is 0 Å². The molecule has 2 heteroatoms. The molecule has 1 aliphatic carbocycles. The Hall–Kier alpha value is -0.550. The summed E-state index contributed by atoms with van der Waals surface area (Å²) in [5, 5.41) is 9.69. The van der Waals surface area contributed by atoms with Crippen LogP contribution in [0.5, 0.6) is 0 Å². The van der Waals surface area contributed by atoms with Gasteiger partial charge in [0.25, 0.3) is 0 Å². The van der Waals surface area contributed by atoms with E-state index in [4.69, 9.17) is 0 Å². The Morgan fingerprint density at radius 1 is 1.12 bits per heavy atom. The molecule has 3 unspecified atom stereocenters. The molecule has 0 radical (unpaired) electrons. The van der Waals surface area contributed by atoms with Crippen molar-refractivity contribution in [3.8, 4) is 6.07 Å². The summed E-state index contributed by atoms with van der Waals surface area (Å²) in [4.78, 5) is 2.50. The lowest BCUT2D eigenvalue weighted by Crippen LogP contribution is -2.57. The van der Waals surface area contributed by atoms with Crippen molar-refractivity contribution in [2.24, 2.45) is 11.8 Å². The summed E-state index contributed by atoms with van der Waals surface area (Å²) in [5.74, 6) is 1.24. The van der Waals surface area contributed by atoms with Crippen molar-refractivity contribution in [1.82, 2.24) is 4.90 Å². The minimum Gasteiger partial charge on any atom is -0.285 e. The Bertz CT molecular complexity index is 275. The molecule has 0 aromatic rings. The first-order valence-electron chi connectivity index (χ1n) is 6.87. The van der Waals surface area contributed by atoms with Gasteiger partial charge in [-0.1, -0.05) is 33.1 Å². The molecule has 90 valence electrons. The second kappa shape index (κ2) is 4.75. The molecule has 2 aliphatic rings. The Morgan fingerprint density at radius 2 is 1.81 bits per heavy atom. The fourth-order valence-corrected chi connectivity index (χ4v) is 3.61. The summed E-state index contributed by atoms with van der Waals surface area (Å²) in [6.45, 7) is 6.90. The second-order valence-corrected chi connectivity index (χ2v) is 5.74. The molecule has 2 rings (SSSR count). The zero-order valence-corrected chi connectivity index (χ0v) is 10.7. The van der Waals surface area contributed by atoms with Crippen LogP contribution in [0.15, 0.2) is 0 Å². The largest absolute Gasteiger partial charge is 0.285 e. The molecule has 0 spiro atoms. The summed E-state index contributed by atoms with van der Waals surface area (Å²) in [5.41, 5.74) is -0.141. The van der Waals surface area contributed by atoms with Crippen molar-refractivity contribution in [1.29, 1.82) is 5.26 Å². The topological polar surface area (TPSA) is 27.0 Å². The maximum atomic E-state index is 9.69. The van der Waals surface area contributed by atoms with Gasteiger partial charge < -0.3 is 0 Å². The lowest BCUT2D eigenvalue weighted by Gasteiger charge is -2.49. The lowest BCUT2D eigenvalue weighted by molar-refractivity contribution is 0.0134. The number of hydrogen-bond donors (Lipinski definition) is 0. The van der Waals surface area contributed by atoms with E-state index in [2.05, 4.69) is 24.8 Å². The van der Waals surface area contributed by atoms with Gasteiger partial charge in [-0.05, 0) is 44.2 Å². The molecule has 1 saturated carbocycles. The predicted octanol–water partition coefficient (Wildman–Crippen LogP) is 3.19. The van der Waals surface area contributed by atoms with Crippen molar-refractivity contribution in [2.45, 2.75) is 57.9 Å². The van der Waals surface area contributed by atoms with Crippen molar-refractivity contribution in [3.05, 3.63) is 0 Å². The lowest BCUT2D eigenvalue weighted by atomic mass is 9.67. The van der Waals surface area contributed by atoms with Gasteiger partial charge in [-0.25, -0.2) is 0 Å². The maximum Gasteiger partial charge on any atom is 0.112 e. The van der Waals surface area contributed by atoms with Gasteiger partial charge in [0.05, 0.1) is 6.07 Å². The number of rotatable bonds is 1. The highest BCUT2D eigenvalue weighted by Gasteiger charge is 2.46. The van der Waals surface area contributed by atoms with E-state index in [1.165, 1.54) is 32.1 Å². The smallest absolute Gasteiger partial charge is 0.112 e. The van der Waals surface area contributed by atoms with E-state index in [-0.39, 0.29) is 5.54 Å². The normalized spacial score (nSPS) is 41.6. The van der Waals surface area contributed by atoms with Crippen LogP contribution in [0.1, 0.15) is 52.4 Å². The number of likely N-dealkylation sites (tertiary alicyclic amines) is 1. The standard InChI is InChI=1S/C14H24N2/c1-12-7-6-8-14(11-15,13(12)2)16-9-4-3-5-10-16/h12-13H,3-10H2,1-2H3. The van der Waals surface area contributed by atoms with Crippen LogP contribution in [0.2, 0.25) is 0 Å². The highest BCUT2D eigenvalue weighted by molar-refractivity contribution is 5.14. The van der Waals surface area contributed by atoms with Crippen LogP contribution in [-0.4, -0.2) is 23.5 Å². The maximum absolute atomic E-state index is 9.69. The summed E-state index contributed by atoms with van der Waals surface area (Å²) in [6.07, 6.45) is 7.54. The molecule has 1 saturated heterocycles. The zero-order chi connectivity index (χ0) is 11.6. The minimum atomic E-state index is -0.141. The van der Waals surface area contributed by atoms with Crippen LogP contribution in [0, 0.1) is 23.2 Å². The van der Waals surface area contributed by atoms with Gasteiger partial charge in [0, 0.05) is 0 Å². The number of nitrogens with zero attached hydrogens (tertiary/aromatic N) is 2. The molecule has 1 heterocycles. The third-order valence-electron chi connectivity index (χ3n) is 4.94. The second-order valence-electron chi connectivity index (χ2n) is 5.74. The van der Waals surface area contributed by atoms with Gasteiger partial charge in [0.2, 0.25) is 0 Å².